The molecule has 110 valence electrons. The fourth-order valence-corrected chi connectivity index (χ4v) is 3.75. The lowest BCUT2D eigenvalue weighted by molar-refractivity contribution is -0.121. The zero-order valence-corrected chi connectivity index (χ0v) is 13.0. The van der Waals surface area contributed by atoms with E-state index in [-0.39, 0.29) is 5.91 Å². The molecule has 1 aliphatic rings. The van der Waals surface area contributed by atoms with Crippen LogP contribution < -0.4 is 5.32 Å². The van der Waals surface area contributed by atoms with E-state index in [2.05, 4.69) is 5.32 Å². The van der Waals surface area contributed by atoms with Crippen LogP contribution in [-0.4, -0.2) is 21.4 Å². The van der Waals surface area contributed by atoms with Crippen LogP contribution in [0.25, 0.3) is 0 Å². The van der Waals surface area contributed by atoms with Gasteiger partial charge < -0.3 is 5.32 Å². The summed E-state index contributed by atoms with van der Waals surface area (Å²) in [6, 6.07) is 8.20. The quantitative estimate of drug-likeness (QED) is 0.907. The fraction of sp³-hybridized carbons (Fsp3) is 0.562. The lowest BCUT2D eigenvalue weighted by atomic mass is 10.1. The molecule has 1 aliphatic carbocycles. The second kappa shape index (κ2) is 7.02. The Hall–Kier alpha value is -1.16. The molecule has 1 aromatic rings. The molecule has 20 heavy (non-hydrogen) atoms. The van der Waals surface area contributed by atoms with Crippen molar-refractivity contribution >= 4 is 16.7 Å². The lowest BCUT2D eigenvalue weighted by Crippen LogP contribution is -2.41. The average Bonchev–Trinajstić information content (AvgIpc) is 2.93. The Kier molecular flexibility index (Phi) is 5.35. The molecular formula is C16H23NO2S. The van der Waals surface area contributed by atoms with Crippen LogP contribution >= 0.6 is 0 Å². The van der Waals surface area contributed by atoms with Crippen LogP contribution in [0.15, 0.2) is 24.3 Å². The highest BCUT2D eigenvalue weighted by atomic mass is 32.2. The Bertz CT molecular complexity index is 495. The van der Waals surface area contributed by atoms with Gasteiger partial charge in [-0.1, -0.05) is 37.1 Å². The van der Waals surface area contributed by atoms with Crippen LogP contribution in [0.2, 0.25) is 0 Å². The summed E-state index contributed by atoms with van der Waals surface area (Å²) >= 11 is 0. The van der Waals surface area contributed by atoms with Crippen LogP contribution in [0, 0.1) is 6.92 Å². The molecule has 0 radical (unpaired) electrons. The first-order valence-electron chi connectivity index (χ1n) is 7.30. The molecule has 1 saturated carbocycles. The minimum absolute atomic E-state index is 0.0659. The number of hydrogen-bond donors (Lipinski definition) is 1. The van der Waals surface area contributed by atoms with Crippen molar-refractivity contribution in [3.63, 3.8) is 0 Å². The molecule has 1 N–H and O–H groups in total. The maximum absolute atomic E-state index is 12.3. The van der Waals surface area contributed by atoms with Gasteiger partial charge >= 0.3 is 0 Å². The summed E-state index contributed by atoms with van der Waals surface area (Å²) in [4.78, 5) is 12.1. The summed E-state index contributed by atoms with van der Waals surface area (Å²) in [7, 11) is -1.17. The average molecular weight is 293 g/mol. The fourth-order valence-electron chi connectivity index (χ4n) is 2.56. The number of carbonyl (C=O) groups is 1. The van der Waals surface area contributed by atoms with Gasteiger partial charge in [-0.05, 0) is 37.8 Å². The number of aryl methyl sites for hydroxylation is 1. The number of hydrogen-bond acceptors (Lipinski definition) is 2. The summed E-state index contributed by atoms with van der Waals surface area (Å²) in [5, 5.41) is 2.58. The smallest absolute Gasteiger partial charge is 0.235 e. The van der Waals surface area contributed by atoms with Crippen molar-refractivity contribution in [3.8, 4) is 0 Å². The van der Waals surface area contributed by atoms with Gasteiger partial charge in [0.25, 0.3) is 0 Å². The molecule has 0 unspecified atom stereocenters. The van der Waals surface area contributed by atoms with Gasteiger partial charge in [0.15, 0.2) is 0 Å². The Morgan fingerprint density at radius 3 is 2.65 bits per heavy atom. The van der Waals surface area contributed by atoms with E-state index in [1.54, 1.807) is 6.92 Å². The zero-order valence-electron chi connectivity index (χ0n) is 12.2. The van der Waals surface area contributed by atoms with Crippen LogP contribution in [0.3, 0.4) is 0 Å². The summed E-state index contributed by atoms with van der Waals surface area (Å²) in [5.41, 5.74) is 2.19. The van der Waals surface area contributed by atoms with Gasteiger partial charge in [0.2, 0.25) is 5.91 Å². The summed E-state index contributed by atoms with van der Waals surface area (Å²) < 4.78 is 12.3. The van der Waals surface area contributed by atoms with Gasteiger partial charge in [-0.25, -0.2) is 0 Å². The van der Waals surface area contributed by atoms with E-state index in [1.807, 2.05) is 31.2 Å². The highest BCUT2D eigenvalue weighted by Crippen LogP contribution is 2.18. The zero-order chi connectivity index (χ0) is 14.5. The van der Waals surface area contributed by atoms with Gasteiger partial charge in [0.1, 0.15) is 5.25 Å². The summed E-state index contributed by atoms with van der Waals surface area (Å²) in [6.07, 6.45) is 4.49. The van der Waals surface area contributed by atoms with Crippen LogP contribution in [0.5, 0.6) is 0 Å². The van der Waals surface area contributed by atoms with E-state index in [9.17, 15) is 9.00 Å². The van der Waals surface area contributed by atoms with E-state index in [0.29, 0.717) is 11.8 Å². The highest BCUT2D eigenvalue weighted by Gasteiger charge is 2.24. The Morgan fingerprint density at radius 2 is 2.00 bits per heavy atom. The first-order chi connectivity index (χ1) is 9.58. The predicted molar refractivity (Wildman–Crippen MR) is 82.9 cm³/mol. The monoisotopic (exact) mass is 293 g/mol. The molecular weight excluding hydrogens is 270 g/mol. The van der Waals surface area contributed by atoms with Crippen molar-refractivity contribution in [1.82, 2.24) is 5.32 Å². The molecule has 4 heteroatoms. The normalized spacial score (nSPS) is 18.7. The topological polar surface area (TPSA) is 46.2 Å². The number of rotatable bonds is 5. The molecule has 0 heterocycles. The van der Waals surface area contributed by atoms with E-state index >= 15 is 0 Å². The highest BCUT2D eigenvalue weighted by molar-refractivity contribution is 7.85. The van der Waals surface area contributed by atoms with Gasteiger partial charge in [-0.2, -0.15) is 0 Å². The van der Waals surface area contributed by atoms with Gasteiger partial charge in [-0.15, -0.1) is 0 Å². The third kappa shape index (κ3) is 3.92. The second-order valence-electron chi connectivity index (χ2n) is 5.58. The molecule has 3 nitrogen and oxygen atoms in total. The molecule has 2 atom stereocenters. The number of carbonyl (C=O) groups excluding carboxylic acids is 1. The van der Waals surface area contributed by atoms with Crippen LogP contribution in [0.1, 0.15) is 43.7 Å². The standard InChI is InChI=1S/C16H23NO2S/c1-12-7-3-4-8-14(12)11-20(19)13(2)16(18)17-15-9-5-6-10-15/h3-4,7-8,13,15H,5-6,9-11H2,1-2H3,(H,17,18)/t13-,20+/m0/s1. The van der Waals surface area contributed by atoms with E-state index in [4.69, 9.17) is 0 Å². The number of nitrogens with one attached hydrogen (secondary N) is 1. The molecule has 0 spiro atoms. The van der Waals surface area contributed by atoms with Crippen molar-refractivity contribution in [2.45, 2.75) is 56.6 Å². The number of amides is 1. The molecule has 1 fully saturated rings. The van der Waals surface area contributed by atoms with Crippen molar-refractivity contribution < 1.29 is 9.00 Å². The first-order valence-corrected chi connectivity index (χ1v) is 8.68. The van der Waals surface area contributed by atoms with Crippen LogP contribution in [0.4, 0.5) is 0 Å². The van der Waals surface area contributed by atoms with Crippen molar-refractivity contribution in [2.75, 3.05) is 0 Å². The molecule has 0 aliphatic heterocycles. The molecule has 0 bridgehead atoms. The summed E-state index contributed by atoms with van der Waals surface area (Å²) in [6.45, 7) is 3.77. The molecule has 2 rings (SSSR count). The maximum atomic E-state index is 12.3. The third-order valence-electron chi connectivity index (χ3n) is 4.02. The Balaban J connectivity index is 1.91. The molecule has 1 amide bonds. The first kappa shape index (κ1) is 15.2. The minimum Gasteiger partial charge on any atom is -0.352 e. The van der Waals surface area contributed by atoms with E-state index in [0.717, 1.165) is 24.0 Å². The SMILES string of the molecule is Cc1ccccc1C[S@@](=O)[C@@H](C)C(=O)NC1CCCC1. The van der Waals surface area contributed by atoms with Gasteiger partial charge in [0, 0.05) is 22.6 Å². The van der Waals surface area contributed by atoms with Gasteiger partial charge in [0.05, 0.1) is 0 Å². The maximum Gasteiger partial charge on any atom is 0.235 e. The Labute approximate surface area is 123 Å². The predicted octanol–water partition coefficient (Wildman–Crippen LogP) is 2.69. The minimum atomic E-state index is -1.17. The molecule has 0 saturated heterocycles. The number of benzene rings is 1. The van der Waals surface area contributed by atoms with E-state index in [1.165, 1.54) is 12.8 Å². The van der Waals surface area contributed by atoms with Crippen LogP contribution in [-0.2, 0) is 21.3 Å². The Morgan fingerprint density at radius 1 is 1.35 bits per heavy atom. The van der Waals surface area contributed by atoms with Crippen molar-refractivity contribution in [3.05, 3.63) is 35.4 Å². The van der Waals surface area contributed by atoms with Crippen molar-refractivity contribution in [1.29, 1.82) is 0 Å². The molecule has 0 aromatic heterocycles. The lowest BCUT2D eigenvalue weighted by Gasteiger charge is -2.16. The summed E-state index contributed by atoms with van der Waals surface area (Å²) in [5.74, 6) is 0.384. The second-order valence-corrected chi connectivity index (χ2v) is 7.34. The van der Waals surface area contributed by atoms with E-state index < -0.39 is 16.0 Å². The van der Waals surface area contributed by atoms with Crippen molar-refractivity contribution in [2.24, 2.45) is 0 Å². The molecule has 1 aromatic carbocycles. The largest absolute Gasteiger partial charge is 0.352 e. The van der Waals surface area contributed by atoms with Gasteiger partial charge in [-0.3, -0.25) is 9.00 Å². The third-order valence-corrected chi connectivity index (χ3v) is 5.62.